The van der Waals surface area contributed by atoms with Gasteiger partial charge in [0.15, 0.2) is 0 Å². The van der Waals surface area contributed by atoms with E-state index in [1.54, 1.807) is 0 Å². The molecule has 0 amide bonds. The molecule has 1 aliphatic rings. The zero-order valence-corrected chi connectivity index (χ0v) is 14.9. The van der Waals surface area contributed by atoms with E-state index in [-0.39, 0.29) is 10.2 Å². The first-order valence-corrected chi connectivity index (χ1v) is 8.27. The summed E-state index contributed by atoms with van der Waals surface area (Å²) in [5.41, 5.74) is 4.08. The van der Waals surface area contributed by atoms with Crippen molar-refractivity contribution in [3.63, 3.8) is 0 Å². The van der Waals surface area contributed by atoms with Crippen molar-refractivity contribution in [2.24, 2.45) is 4.99 Å². The van der Waals surface area contributed by atoms with Crippen LogP contribution in [-0.2, 0) is 5.41 Å². The molecule has 0 radical (unpaired) electrons. The molecule has 2 rings (SSSR count). The van der Waals surface area contributed by atoms with Gasteiger partial charge >= 0.3 is 0 Å². The highest BCUT2D eigenvalue weighted by Gasteiger charge is 2.37. The maximum atomic E-state index is 10.4. The fourth-order valence-corrected chi connectivity index (χ4v) is 3.93. The molecule has 1 atom stereocenters. The van der Waals surface area contributed by atoms with Crippen LogP contribution in [0.15, 0.2) is 15.5 Å². The average molecular weight is 389 g/mol. The van der Waals surface area contributed by atoms with Gasteiger partial charge in [0.2, 0.25) is 0 Å². The number of phenolic OH excluding ortho intramolecular Hbond substituents is 1. The quantitative estimate of drug-likeness (QED) is 0.654. The van der Waals surface area contributed by atoms with Crippen molar-refractivity contribution in [2.45, 2.75) is 50.8 Å². The predicted octanol–water partition coefficient (Wildman–Crippen LogP) is 5.77. The van der Waals surface area contributed by atoms with Gasteiger partial charge in [-0.1, -0.05) is 43.1 Å². The lowest BCUT2D eigenvalue weighted by molar-refractivity contribution is 0.460. The molecule has 1 aromatic rings. The van der Waals surface area contributed by atoms with Gasteiger partial charge in [-0.05, 0) is 40.9 Å². The van der Waals surface area contributed by atoms with Gasteiger partial charge in [0, 0.05) is 21.5 Å². The summed E-state index contributed by atoms with van der Waals surface area (Å²) in [6, 6.07) is 1.91. The van der Waals surface area contributed by atoms with Crippen LogP contribution in [0.2, 0.25) is 0 Å². The van der Waals surface area contributed by atoms with Crippen LogP contribution in [0.4, 0.5) is 5.69 Å². The Hall–Kier alpha value is -0.350. The summed E-state index contributed by atoms with van der Waals surface area (Å²) >= 11 is 7.16. The van der Waals surface area contributed by atoms with E-state index in [9.17, 15) is 5.11 Å². The highest BCUT2D eigenvalue weighted by molar-refractivity contribution is 9.10. The minimum Gasteiger partial charge on any atom is -0.506 e. The van der Waals surface area contributed by atoms with Gasteiger partial charge in [0.05, 0.1) is 10.2 Å². The molecule has 0 aliphatic carbocycles. The number of fused-ring (bicyclic) bond motifs is 1. The standard InChI is InChI=1S/C15H19Br2NO/c1-5-6-9(16)12-13-11(7-10(17)14(12)19)18-8(2)15(13,3)4/h7,9,19H,5-6H2,1-4H3. The average Bonchev–Trinajstić information content (AvgIpc) is 2.53. The molecule has 2 nitrogen and oxygen atoms in total. The van der Waals surface area contributed by atoms with Crippen LogP contribution in [0, 0.1) is 0 Å². The second-order valence-corrected chi connectivity index (χ2v) is 7.55. The lowest BCUT2D eigenvalue weighted by Gasteiger charge is -2.26. The normalized spacial score (nSPS) is 18.1. The number of nitrogens with zero attached hydrogens (tertiary/aromatic N) is 1. The molecule has 1 aromatic carbocycles. The number of rotatable bonds is 3. The van der Waals surface area contributed by atoms with Gasteiger partial charge in [-0.2, -0.15) is 0 Å². The van der Waals surface area contributed by atoms with Crippen LogP contribution in [-0.4, -0.2) is 10.8 Å². The molecule has 0 aromatic heterocycles. The van der Waals surface area contributed by atoms with E-state index < -0.39 is 0 Å². The minimum absolute atomic E-state index is 0.122. The summed E-state index contributed by atoms with van der Waals surface area (Å²) in [6.07, 6.45) is 2.06. The molecule has 19 heavy (non-hydrogen) atoms. The van der Waals surface area contributed by atoms with Gasteiger partial charge in [-0.15, -0.1) is 0 Å². The monoisotopic (exact) mass is 387 g/mol. The minimum atomic E-state index is -0.122. The number of hydrogen-bond donors (Lipinski definition) is 1. The molecule has 1 N–H and O–H groups in total. The summed E-state index contributed by atoms with van der Waals surface area (Å²) in [4.78, 5) is 4.82. The second-order valence-electron chi connectivity index (χ2n) is 5.59. The Labute approximate surface area is 131 Å². The Morgan fingerprint density at radius 1 is 1.42 bits per heavy atom. The maximum absolute atomic E-state index is 10.4. The Bertz CT molecular complexity index is 550. The van der Waals surface area contributed by atoms with E-state index in [2.05, 4.69) is 64.5 Å². The Kier molecular flexibility index (Phi) is 4.12. The molecule has 1 heterocycles. The Balaban J connectivity index is 2.69. The molecule has 104 valence electrons. The lowest BCUT2D eigenvalue weighted by Crippen LogP contribution is -2.24. The number of aliphatic imine (C=N–C) groups is 1. The van der Waals surface area contributed by atoms with E-state index in [0.29, 0.717) is 5.75 Å². The highest BCUT2D eigenvalue weighted by atomic mass is 79.9. The number of halogens is 2. The van der Waals surface area contributed by atoms with Crippen LogP contribution in [0.1, 0.15) is 56.5 Å². The summed E-state index contributed by atoms with van der Waals surface area (Å²) < 4.78 is 0.719. The van der Waals surface area contributed by atoms with Crippen LogP contribution < -0.4 is 0 Å². The van der Waals surface area contributed by atoms with Crippen molar-refractivity contribution in [1.82, 2.24) is 0 Å². The summed E-state index contributed by atoms with van der Waals surface area (Å²) in [7, 11) is 0. The SMILES string of the molecule is CCCC(Br)c1c(O)c(Br)cc2c1C(C)(C)C(C)=N2. The molecule has 0 spiro atoms. The Morgan fingerprint density at radius 3 is 2.63 bits per heavy atom. The van der Waals surface area contributed by atoms with Crippen molar-refractivity contribution in [3.05, 3.63) is 21.7 Å². The van der Waals surface area contributed by atoms with Crippen molar-refractivity contribution >= 4 is 43.3 Å². The molecule has 0 bridgehead atoms. The smallest absolute Gasteiger partial charge is 0.134 e. The first kappa shape index (κ1) is 15.0. The number of hydrogen-bond acceptors (Lipinski definition) is 2. The fourth-order valence-electron chi connectivity index (χ4n) is 2.59. The second kappa shape index (κ2) is 5.21. The number of phenols is 1. The lowest BCUT2D eigenvalue weighted by atomic mass is 9.78. The zero-order chi connectivity index (χ0) is 14.4. The predicted molar refractivity (Wildman–Crippen MR) is 88.2 cm³/mol. The van der Waals surface area contributed by atoms with Gasteiger partial charge < -0.3 is 5.11 Å². The van der Waals surface area contributed by atoms with E-state index >= 15 is 0 Å². The first-order valence-electron chi connectivity index (χ1n) is 6.56. The Morgan fingerprint density at radius 2 is 2.05 bits per heavy atom. The van der Waals surface area contributed by atoms with Crippen molar-refractivity contribution in [3.8, 4) is 5.75 Å². The molecule has 1 unspecified atom stereocenters. The topological polar surface area (TPSA) is 32.6 Å². The van der Waals surface area contributed by atoms with Gasteiger partial charge in [0.25, 0.3) is 0 Å². The largest absolute Gasteiger partial charge is 0.506 e. The molecule has 4 heteroatoms. The summed E-state index contributed by atoms with van der Waals surface area (Å²) in [5.74, 6) is 0.340. The third-order valence-electron chi connectivity index (χ3n) is 3.94. The maximum Gasteiger partial charge on any atom is 0.134 e. The molecule has 1 aliphatic heterocycles. The highest BCUT2D eigenvalue weighted by Crippen LogP contribution is 2.51. The summed E-state index contributed by atoms with van der Waals surface area (Å²) in [5, 5.41) is 10.4. The number of benzene rings is 1. The molecular formula is C15H19Br2NO. The number of alkyl halides is 1. The first-order chi connectivity index (χ1) is 8.80. The summed E-state index contributed by atoms with van der Waals surface area (Å²) in [6.45, 7) is 8.54. The third-order valence-corrected chi connectivity index (χ3v) is 5.46. The van der Waals surface area contributed by atoms with Gasteiger partial charge in [-0.3, -0.25) is 4.99 Å². The van der Waals surface area contributed by atoms with E-state index in [1.165, 1.54) is 0 Å². The van der Waals surface area contributed by atoms with Crippen LogP contribution >= 0.6 is 31.9 Å². The fraction of sp³-hybridized carbons (Fsp3) is 0.533. The van der Waals surface area contributed by atoms with E-state index in [4.69, 9.17) is 0 Å². The van der Waals surface area contributed by atoms with E-state index in [1.807, 2.05) is 6.07 Å². The van der Waals surface area contributed by atoms with Crippen molar-refractivity contribution in [1.29, 1.82) is 0 Å². The molecular weight excluding hydrogens is 370 g/mol. The number of aromatic hydroxyl groups is 1. The van der Waals surface area contributed by atoms with Crippen LogP contribution in [0.5, 0.6) is 5.75 Å². The molecule has 0 fully saturated rings. The van der Waals surface area contributed by atoms with Crippen LogP contribution in [0.25, 0.3) is 0 Å². The zero-order valence-electron chi connectivity index (χ0n) is 11.7. The van der Waals surface area contributed by atoms with Crippen LogP contribution in [0.3, 0.4) is 0 Å². The molecule has 0 saturated carbocycles. The molecule has 0 saturated heterocycles. The third kappa shape index (κ3) is 2.38. The van der Waals surface area contributed by atoms with Crippen molar-refractivity contribution in [2.75, 3.05) is 0 Å². The van der Waals surface area contributed by atoms with Gasteiger partial charge in [-0.25, -0.2) is 0 Å². The van der Waals surface area contributed by atoms with Crippen molar-refractivity contribution < 1.29 is 5.11 Å². The van der Waals surface area contributed by atoms with Gasteiger partial charge in [0.1, 0.15) is 5.75 Å². The van der Waals surface area contributed by atoms with E-state index in [0.717, 1.165) is 39.8 Å².